The lowest BCUT2D eigenvalue weighted by Gasteiger charge is -2.14. The highest BCUT2D eigenvalue weighted by Gasteiger charge is 2.13. The van der Waals surface area contributed by atoms with Crippen molar-refractivity contribution in [3.63, 3.8) is 0 Å². The van der Waals surface area contributed by atoms with Crippen LogP contribution in [0, 0.1) is 0 Å². The molecule has 0 atom stereocenters. The molecule has 2 rings (SSSR count). The summed E-state index contributed by atoms with van der Waals surface area (Å²) in [6.45, 7) is 5.63. The van der Waals surface area contributed by atoms with E-state index in [1.54, 1.807) is 6.07 Å². The number of pyridine rings is 1. The van der Waals surface area contributed by atoms with Gasteiger partial charge in [-0.2, -0.15) is 0 Å². The average Bonchev–Trinajstić information content (AvgIpc) is 2.65. The van der Waals surface area contributed by atoms with Gasteiger partial charge in [-0.05, 0) is 50.7 Å². The molecule has 0 aliphatic rings. The van der Waals surface area contributed by atoms with Gasteiger partial charge >= 0.3 is 0 Å². The Morgan fingerprint density at radius 2 is 1.74 bits per heavy atom. The number of amides is 2. The van der Waals surface area contributed by atoms with Crippen molar-refractivity contribution in [2.24, 2.45) is 0 Å². The third-order valence-electron chi connectivity index (χ3n) is 4.16. The van der Waals surface area contributed by atoms with Gasteiger partial charge in [-0.25, -0.2) is 0 Å². The van der Waals surface area contributed by atoms with Crippen LogP contribution in [-0.2, 0) is 0 Å². The SMILES string of the molecule is CC(C)c1ccccc1NC(=O)c1cncc(C(=O)NCCCN(C)C)c1. The van der Waals surface area contributed by atoms with Crippen molar-refractivity contribution >= 4 is 17.5 Å². The van der Waals surface area contributed by atoms with Crippen LogP contribution in [0.2, 0.25) is 0 Å². The van der Waals surface area contributed by atoms with Crippen molar-refractivity contribution in [1.29, 1.82) is 0 Å². The Labute approximate surface area is 161 Å². The summed E-state index contributed by atoms with van der Waals surface area (Å²) in [5.74, 6) is -0.213. The third-order valence-corrected chi connectivity index (χ3v) is 4.16. The molecule has 1 heterocycles. The Kier molecular flexibility index (Phi) is 7.49. The van der Waals surface area contributed by atoms with Gasteiger partial charge in [-0.1, -0.05) is 32.0 Å². The van der Waals surface area contributed by atoms with Crippen LogP contribution in [0.1, 0.15) is 52.5 Å². The molecule has 2 aromatic rings. The second-order valence-corrected chi connectivity index (χ2v) is 7.07. The molecule has 2 amide bonds. The smallest absolute Gasteiger partial charge is 0.257 e. The highest BCUT2D eigenvalue weighted by atomic mass is 16.2. The molecule has 6 heteroatoms. The van der Waals surface area contributed by atoms with Gasteiger partial charge in [0, 0.05) is 24.6 Å². The van der Waals surface area contributed by atoms with Crippen LogP contribution in [0.5, 0.6) is 0 Å². The van der Waals surface area contributed by atoms with Crippen LogP contribution < -0.4 is 10.6 Å². The molecule has 144 valence electrons. The zero-order chi connectivity index (χ0) is 19.8. The molecule has 1 aromatic heterocycles. The fourth-order valence-corrected chi connectivity index (χ4v) is 2.70. The normalized spacial score (nSPS) is 10.9. The standard InChI is InChI=1S/C21H28N4O2/c1-15(2)18-8-5-6-9-19(18)24-21(27)17-12-16(13-22-14-17)20(26)23-10-7-11-25(3)4/h5-6,8-9,12-15H,7,10-11H2,1-4H3,(H,23,26)(H,24,27). The quantitative estimate of drug-likeness (QED) is 0.702. The molecule has 0 bridgehead atoms. The Hall–Kier alpha value is -2.73. The Balaban J connectivity index is 2.04. The Morgan fingerprint density at radius 1 is 1.07 bits per heavy atom. The fourth-order valence-electron chi connectivity index (χ4n) is 2.70. The van der Waals surface area contributed by atoms with Gasteiger partial charge in [0.05, 0.1) is 11.1 Å². The van der Waals surface area contributed by atoms with Gasteiger partial charge in [-0.3, -0.25) is 14.6 Å². The zero-order valence-electron chi connectivity index (χ0n) is 16.5. The lowest BCUT2D eigenvalue weighted by molar-refractivity contribution is 0.0952. The fraction of sp³-hybridized carbons (Fsp3) is 0.381. The number of anilines is 1. The Morgan fingerprint density at radius 3 is 2.41 bits per heavy atom. The monoisotopic (exact) mass is 368 g/mol. The van der Waals surface area contributed by atoms with Crippen LogP contribution in [-0.4, -0.2) is 48.9 Å². The number of carbonyl (C=O) groups excluding carboxylic acids is 2. The predicted molar refractivity (Wildman–Crippen MR) is 108 cm³/mol. The minimum Gasteiger partial charge on any atom is -0.352 e. The van der Waals surface area contributed by atoms with Crippen molar-refractivity contribution in [3.05, 3.63) is 59.4 Å². The first-order valence-electron chi connectivity index (χ1n) is 9.16. The van der Waals surface area contributed by atoms with E-state index in [-0.39, 0.29) is 11.8 Å². The molecule has 2 N–H and O–H groups in total. The molecule has 0 radical (unpaired) electrons. The van der Waals surface area contributed by atoms with Crippen molar-refractivity contribution in [2.45, 2.75) is 26.2 Å². The van der Waals surface area contributed by atoms with Gasteiger partial charge in [0.15, 0.2) is 0 Å². The summed E-state index contributed by atoms with van der Waals surface area (Å²) in [7, 11) is 3.98. The van der Waals surface area contributed by atoms with Crippen molar-refractivity contribution < 1.29 is 9.59 Å². The minimum absolute atomic E-state index is 0.224. The van der Waals surface area contributed by atoms with Gasteiger partial charge in [0.2, 0.25) is 0 Å². The van der Waals surface area contributed by atoms with Crippen LogP contribution in [0.15, 0.2) is 42.7 Å². The number of aromatic nitrogens is 1. The van der Waals surface area contributed by atoms with E-state index >= 15 is 0 Å². The molecule has 0 unspecified atom stereocenters. The summed E-state index contributed by atoms with van der Waals surface area (Å²) in [5.41, 5.74) is 2.57. The van der Waals surface area contributed by atoms with Crippen molar-refractivity contribution in [2.75, 3.05) is 32.5 Å². The van der Waals surface area contributed by atoms with Crippen molar-refractivity contribution in [3.8, 4) is 0 Å². The molecule has 27 heavy (non-hydrogen) atoms. The molecule has 0 saturated carbocycles. The molecule has 0 aliphatic heterocycles. The number of hydrogen-bond donors (Lipinski definition) is 2. The lowest BCUT2D eigenvalue weighted by Crippen LogP contribution is -2.27. The first-order valence-corrected chi connectivity index (χ1v) is 9.16. The summed E-state index contributed by atoms with van der Waals surface area (Å²) in [5, 5.41) is 5.78. The summed E-state index contributed by atoms with van der Waals surface area (Å²) < 4.78 is 0. The van der Waals surface area contributed by atoms with Gasteiger partial charge in [-0.15, -0.1) is 0 Å². The Bertz CT molecular complexity index is 787. The second-order valence-electron chi connectivity index (χ2n) is 7.07. The highest BCUT2D eigenvalue weighted by Crippen LogP contribution is 2.24. The molecule has 1 aromatic carbocycles. The van der Waals surface area contributed by atoms with E-state index in [1.165, 1.54) is 12.4 Å². The molecule has 0 saturated heterocycles. The summed E-state index contributed by atoms with van der Waals surface area (Å²) >= 11 is 0. The van der Waals surface area contributed by atoms with E-state index in [0.717, 1.165) is 24.2 Å². The van der Waals surface area contributed by atoms with Crippen LogP contribution in [0.25, 0.3) is 0 Å². The number of hydrogen-bond acceptors (Lipinski definition) is 4. The molecule has 6 nitrogen and oxygen atoms in total. The van der Waals surface area contributed by atoms with Crippen LogP contribution >= 0.6 is 0 Å². The van der Waals surface area contributed by atoms with Gasteiger partial charge < -0.3 is 15.5 Å². The number of benzene rings is 1. The van der Waals surface area contributed by atoms with E-state index in [2.05, 4.69) is 34.4 Å². The van der Waals surface area contributed by atoms with Gasteiger partial charge in [0.1, 0.15) is 0 Å². The van der Waals surface area contributed by atoms with Crippen LogP contribution in [0.3, 0.4) is 0 Å². The second kappa shape index (κ2) is 9.83. The molecule has 0 aliphatic carbocycles. The third kappa shape index (κ3) is 6.18. The number of nitrogens with zero attached hydrogens (tertiary/aromatic N) is 2. The van der Waals surface area contributed by atoms with Crippen molar-refractivity contribution in [1.82, 2.24) is 15.2 Å². The zero-order valence-corrected chi connectivity index (χ0v) is 16.5. The first kappa shape index (κ1) is 20.6. The summed E-state index contributed by atoms with van der Waals surface area (Å²) in [4.78, 5) is 31.0. The van der Waals surface area contributed by atoms with E-state index in [1.807, 2.05) is 38.4 Å². The largest absolute Gasteiger partial charge is 0.352 e. The number of nitrogens with one attached hydrogen (secondary N) is 2. The molecular weight excluding hydrogens is 340 g/mol. The highest BCUT2D eigenvalue weighted by molar-refractivity contribution is 6.06. The maximum atomic E-state index is 12.6. The average molecular weight is 368 g/mol. The lowest BCUT2D eigenvalue weighted by atomic mass is 10.0. The molecule has 0 spiro atoms. The maximum absolute atomic E-state index is 12.6. The van der Waals surface area contributed by atoms with E-state index in [9.17, 15) is 9.59 Å². The predicted octanol–water partition coefficient (Wildman–Crippen LogP) is 3.14. The van der Waals surface area contributed by atoms with E-state index < -0.39 is 0 Å². The van der Waals surface area contributed by atoms with Gasteiger partial charge in [0.25, 0.3) is 11.8 Å². The molecule has 0 fully saturated rings. The van der Waals surface area contributed by atoms with Crippen LogP contribution in [0.4, 0.5) is 5.69 Å². The maximum Gasteiger partial charge on any atom is 0.257 e. The summed E-state index contributed by atoms with van der Waals surface area (Å²) in [6, 6.07) is 9.28. The van der Waals surface area contributed by atoms with E-state index in [4.69, 9.17) is 0 Å². The molecular formula is C21H28N4O2. The minimum atomic E-state index is -0.280. The number of rotatable bonds is 8. The topological polar surface area (TPSA) is 74.3 Å². The number of carbonyl (C=O) groups is 2. The first-order chi connectivity index (χ1) is 12.9. The van der Waals surface area contributed by atoms with E-state index in [0.29, 0.717) is 23.6 Å². The number of para-hydroxylation sites is 1. The summed E-state index contributed by atoms with van der Waals surface area (Å²) in [6.07, 6.45) is 3.80.